The summed E-state index contributed by atoms with van der Waals surface area (Å²) in [7, 11) is 0. The number of benzene rings is 1. The maximum atomic E-state index is 12.6. The summed E-state index contributed by atoms with van der Waals surface area (Å²) >= 11 is 3.59. The quantitative estimate of drug-likeness (QED) is 0.706. The van der Waals surface area contributed by atoms with Crippen molar-refractivity contribution < 1.29 is 9.53 Å². The first-order chi connectivity index (χ1) is 13.6. The highest BCUT2D eigenvalue weighted by Gasteiger charge is 2.26. The van der Waals surface area contributed by atoms with Gasteiger partial charge in [0.15, 0.2) is 0 Å². The van der Waals surface area contributed by atoms with Crippen LogP contribution in [0, 0.1) is 5.92 Å². The molecule has 1 atom stereocenters. The van der Waals surface area contributed by atoms with Gasteiger partial charge in [0.2, 0.25) is 0 Å². The normalized spacial score (nSPS) is 18.1. The first-order valence-electron chi connectivity index (χ1n) is 10.1. The number of amides is 1. The number of carbonyl (C=O) groups excluding carboxylic acids is 1. The van der Waals surface area contributed by atoms with Gasteiger partial charge in [-0.25, -0.2) is 0 Å². The second-order valence-corrected chi connectivity index (χ2v) is 9.73. The van der Waals surface area contributed by atoms with Crippen LogP contribution in [0.3, 0.4) is 0 Å². The molecule has 0 radical (unpaired) electrons. The van der Waals surface area contributed by atoms with E-state index in [9.17, 15) is 4.79 Å². The number of hydrogen-bond donors (Lipinski definition) is 1. The molecule has 5 heteroatoms. The van der Waals surface area contributed by atoms with Gasteiger partial charge in [-0.2, -0.15) is 0 Å². The average molecular weight is 414 g/mol. The van der Waals surface area contributed by atoms with Gasteiger partial charge in [-0.1, -0.05) is 19.1 Å². The molecule has 1 aliphatic carbocycles. The summed E-state index contributed by atoms with van der Waals surface area (Å²) in [6.07, 6.45) is 6.65. The molecular weight excluding hydrogens is 386 g/mol. The van der Waals surface area contributed by atoms with Gasteiger partial charge in [-0.05, 0) is 73.4 Å². The number of rotatable bonds is 6. The van der Waals surface area contributed by atoms with Crippen LogP contribution < -0.4 is 10.1 Å². The van der Waals surface area contributed by atoms with Crippen LogP contribution in [0.15, 0.2) is 29.2 Å². The Labute approximate surface area is 175 Å². The Morgan fingerprint density at radius 3 is 2.86 bits per heavy atom. The standard InChI is InChI=1S/C23H27NO2S2/c1-3-26-17-7-5-16(6-8-17)10-11-24-23(25)22-13-21-19(14-27-22)18-9-4-15(2)12-20(18)28-21/h5-8,13,15H,3-4,9-12,14H2,1-2H3,(H,24,25). The lowest BCUT2D eigenvalue weighted by molar-refractivity contribution is -0.116. The lowest BCUT2D eigenvalue weighted by Gasteiger charge is -2.19. The van der Waals surface area contributed by atoms with Crippen molar-refractivity contribution in [2.24, 2.45) is 5.92 Å². The molecule has 2 heterocycles. The van der Waals surface area contributed by atoms with Crippen molar-refractivity contribution >= 4 is 35.1 Å². The molecule has 1 amide bonds. The zero-order chi connectivity index (χ0) is 19.5. The maximum Gasteiger partial charge on any atom is 0.257 e. The van der Waals surface area contributed by atoms with Crippen molar-refractivity contribution in [2.45, 2.75) is 45.3 Å². The Bertz CT molecular complexity index is 883. The van der Waals surface area contributed by atoms with E-state index in [0.29, 0.717) is 13.2 Å². The molecule has 1 unspecified atom stereocenters. The second-order valence-electron chi connectivity index (χ2n) is 7.57. The minimum absolute atomic E-state index is 0.0568. The Balaban J connectivity index is 1.35. The molecule has 1 N–H and O–H groups in total. The van der Waals surface area contributed by atoms with E-state index in [1.165, 1.54) is 35.3 Å². The van der Waals surface area contributed by atoms with Crippen LogP contribution in [0.1, 0.15) is 46.7 Å². The predicted octanol–water partition coefficient (Wildman–Crippen LogP) is 5.22. The van der Waals surface area contributed by atoms with E-state index in [0.717, 1.165) is 28.7 Å². The molecule has 0 bridgehead atoms. The van der Waals surface area contributed by atoms with Crippen LogP contribution in [0.5, 0.6) is 5.75 Å². The van der Waals surface area contributed by atoms with Crippen LogP contribution in [0.2, 0.25) is 0 Å². The SMILES string of the molecule is CCOc1ccc(CCNC(=O)C2=Cc3sc4c(c3CS2)CCC(C)C4)cc1. The minimum atomic E-state index is 0.0568. The summed E-state index contributed by atoms with van der Waals surface area (Å²) in [5, 5.41) is 3.09. The summed E-state index contributed by atoms with van der Waals surface area (Å²) in [6.45, 7) is 5.65. The molecule has 3 nitrogen and oxygen atoms in total. The third-order valence-corrected chi connectivity index (χ3v) is 7.73. The van der Waals surface area contributed by atoms with Gasteiger partial charge in [0.1, 0.15) is 5.75 Å². The summed E-state index contributed by atoms with van der Waals surface area (Å²) < 4.78 is 5.47. The molecule has 0 saturated carbocycles. The predicted molar refractivity (Wildman–Crippen MR) is 119 cm³/mol. The van der Waals surface area contributed by atoms with Gasteiger partial charge < -0.3 is 10.1 Å². The Morgan fingerprint density at radius 2 is 2.07 bits per heavy atom. The van der Waals surface area contributed by atoms with Gasteiger partial charge in [-0.15, -0.1) is 23.1 Å². The van der Waals surface area contributed by atoms with Crippen LogP contribution in [-0.4, -0.2) is 19.1 Å². The molecule has 4 rings (SSSR count). The summed E-state index contributed by atoms with van der Waals surface area (Å²) in [4.78, 5) is 16.3. The van der Waals surface area contributed by atoms with E-state index >= 15 is 0 Å². The van der Waals surface area contributed by atoms with Crippen LogP contribution in [0.25, 0.3) is 6.08 Å². The molecule has 28 heavy (non-hydrogen) atoms. The topological polar surface area (TPSA) is 38.3 Å². The van der Waals surface area contributed by atoms with Crippen molar-refractivity contribution in [1.29, 1.82) is 0 Å². The fourth-order valence-electron chi connectivity index (χ4n) is 3.88. The van der Waals surface area contributed by atoms with E-state index in [4.69, 9.17) is 4.74 Å². The molecule has 0 saturated heterocycles. The fraction of sp³-hybridized carbons (Fsp3) is 0.435. The van der Waals surface area contributed by atoms with Gasteiger partial charge in [0.25, 0.3) is 5.91 Å². The molecule has 1 aromatic carbocycles. The molecule has 1 aromatic heterocycles. The lowest BCUT2D eigenvalue weighted by Crippen LogP contribution is -2.26. The second kappa shape index (κ2) is 8.75. The third kappa shape index (κ3) is 4.31. The van der Waals surface area contributed by atoms with Crippen molar-refractivity contribution in [2.75, 3.05) is 13.2 Å². The van der Waals surface area contributed by atoms with Crippen molar-refractivity contribution in [3.05, 3.63) is 55.6 Å². The third-order valence-electron chi connectivity index (χ3n) is 5.44. The summed E-state index contributed by atoms with van der Waals surface area (Å²) in [5.41, 5.74) is 4.27. The zero-order valence-electron chi connectivity index (χ0n) is 16.5. The first-order valence-corrected chi connectivity index (χ1v) is 11.9. The number of thioether (sulfide) groups is 1. The molecule has 1 aliphatic heterocycles. The zero-order valence-corrected chi connectivity index (χ0v) is 18.2. The number of ether oxygens (including phenoxy) is 1. The minimum Gasteiger partial charge on any atom is -0.494 e. The summed E-state index contributed by atoms with van der Waals surface area (Å²) in [5.74, 6) is 2.67. The van der Waals surface area contributed by atoms with Crippen LogP contribution in [-0.2, 0) is 29.8 Å². The van der Waals surface area contributed by atoms with Crippen molar-refractivity contribution in [3.8, 4) is 5.75 Å². The molecule has 148 valence electrons. The van der Waals surface area contributed by atoms with E-state index in [1.54, 1.807) is 22.2 Å². The smallest absolute Gasteiger partial charge is 0.257 e. The molecule has 0 spiro atoms. The van der Waals surface area contributed by atoms with Gasteiger partial charge >= 0.3 is 0 Å². The average Bonchev–Trinajstić information content (AvgIpc) is 3.06. The molecule has 0 fully saturated rings. The Kier molecular flexibility index (Phi) is 6.12. The lowest BCUT2D eigenvalue weighted by atomic mass is 9.88. The van der Waals surface area contributed by atoms with Gasteiger partial charge in [0, 0.05) is 22.1 Å². The highest BCUT2D eigenvalue weighted by Crippen LogP contribution is 2.43. The van der Waals surface area contributed by atoms with Gasteiger partial charge in [0.05, 0.1) is 11.5 Å². The first kappa shape index (κ1) is 19.6. The number of thiophene rings is 1. The molecule has 2 aromatic rings. The van der Waals surface area contributed by atoms with Crippen molar-refractivity contribution in [3.63, 3.8) is 0 Å². The van der Waals surface area contributed by atoms with E-state index in [2.05, 4.69) is 30.4 Å². The molecular formula is C23H27NO2S2. The maximum absolute atomic E-state index is 12.6. The van der Waals surface area contributed by atoms with E-state index in [-0.39, 0.29) is 5.91 Å². The molecule has 2 aliphatic rings. The van der Waals surface area contributed by atoms with E-state index < -0.39 is 0 Å². The number of hydrogen-bond acceptors (Lipinski definition) is 4. The summed E-state index contributed by atoms with van der Waals surface area (Å²) in [6, 6.07) is 8.10. The Hall–Kier alpha value is -1.72. The van der Waals surface area contributed by atoms with Crippen molar-refractivity contribution in [1.82, 2.24) is 5.32 Å². The number of carbonyl (C=O) groups is 1. The van der Waals surface area contributed by atoms with E-state index in [1.807, 2.05) is 30.4 Å². The Morgan fingerprint density at radius 1 is 1.25 bits per heavy atom. The highest BCUT2D eigenvalue weighted by molar-refractivity contribution is 8.03. The fourth-order valence-corrected chi connectivity index (χ4v) is 6.56. The van der Waals surface area contributed by atoms with Crippen LogP contribution >= 0.6 is 23.1 Å². The largest absolute Gasteiger partial charge is 0.494 e. The van der Waals surface area contributed by atoms with Crippen LogP contribution in [0.4, 0.5) is 0 Å². The number of fused-ring (bicyclic) bond motifs is 3. The number of nitrogens with one attached hydrogen (secondary N) is 1. The monoisotopic (exact) mass is 413 g/mol. The highest BCUT2D eigenvalue weighted by atomic mass is 32.2. The van der Waals surface area contributed by atoms with Gasteiger partial charge in [-0.3, -0.25) is 4.79 Å².